The normalized spacial score (nSPS) is 14.5. The summed E-state index contributed by atoms with van der Waals surface area (Å²) in [6, 6.07) is 19.5. The molecule has 1 aromatic heterocycles. The summed E-state index contributed by atoms with van der Waals surface area (Å²) in [4.78, 5) is 30.1. The maximum atomic E-state index is 14.1. The third-order valence-corrected chi connectivity index (χ3v) is 9.70. The molecule has 1 aliphatic carbocycles. The van der Waals surface area contributed by atoms with E-state index >= 15 is 0 Å². The first-order valence-corrected chi connectivity index (χ1v) is 16.4. The number of nitrogens with one attached hydrogen (secondary N) is 1. The Morgan fingerprint density at radius 1 is 1.05 bits per heavy atom. The van der Waals surface area contributed by atoms with Gasteiger partial charge in [-0.25, -0.2) is 13.4 Å². The summed E-state index contributed by atoms with van der Waals surface area (Å²) in [6.45, 7) is 4.97. The van der Waals surface area contributed by atoms with Crippen LogP contribution < -0.4 is 10.1 Å². The zero-order valence-electron chi connectivity index (χ0n) is 24.5. The van der Waals surface area contributed by atoms with E-state index in [9.17, 15) is 18.0 Å². The molecule has 0 fully saturated rings. The lowest BCUT2D eigenvalue weighted by Crippen LogP contribution is -2.29. The number of rotatable bonds is 12. The standard InChI is InChI=1S/C34H37N3O5S/c1-3-24(2)20-36-34(39)28-12-7-8-15-33(28)43(40,41)22-29-26-13-9-14-30(38)27(26)16-17-31(29)42-32(21-37-19-18-35-23-37)25-10-5-4-6-11-25/h4-8,10-12,15-19,23-24,32H,3,9,13-14,20-22H2,1-2H3,(H,36,39). The second kappa shape index (κ2) is 13.4. The van der Waals surface area contributed by atoms with Gasteiger partial charge in [0, 0.05) is 36.5 Å². The first kappa shape index (κ1) is 30.2. The summed E-state index contributed by atoms with van der Waals surface area (Å²) in [5, 5.41) is 2.88. The van der Waals surface area contributed by atoms with E-state index in [1.165, 1.54) is 12.1 Å². The molecular weight excluding hydrogens is 562 g/mol. The molecular formula is C34H37N3O5S. The zero-order chi connectivity index (χ0) is 30.4. The van der Waals surface area contributed by atoms with Gasteiger partial charge in [0.1, 0.15) is 11.9 Å². The Labute approximate surface area is 253 Å². The second-order valence-electron chi connectivity index (χ2n) is 11.1. The van der Waals surface area contributed by atoms with Crippen LogP contribution in [0.15, 0.2) is 90.3 Å². The number of hydrogen-bond acceptors (Lipinski definition) is 6. The zero-order valence-corrected chi connectivity index (χ0v) is 25.3. The largest absolute Gasteiger partial charge is 0.484 e. The molecule has 1 amide bonds. The number of sulfone groups is 1. The second-order valence-corrected chi connectivity index (χ2v) is 13.1. The van der Waals surface area contributed by atoms with Gasteiger partial charge in [0.05, 0.1) is 29.1 Å². The number of aromatic nitrogens is 2. The lowest BCUT2D eigenvalue weighted by atomic mass is 9.87. The summed E-state index contributed by atoms with van der Waals surface area (Å²) in [5.41, 5.74) is 2.73. The first-order valence-electron chi connectivity index (χ1n) is 14.7. The van der Waals surface area contributed by atoms with Crippen molar-refractivity contribution in [3.05, 3.63) is 113 Å². The number of Topliss-reactive ketones (excluding diaryl/α,β-unsaturated/α-hetero) is 1. The summed E-state index contributed by atoms with van der Waals surface area (Å²) in [7, 11) is -4.02. The minimum atomic E-state index is -4.02. The van der Waals surface area contributed by atoms with Crippen LogP contribution >= 0.6 is 0 Å². The molecule has 1 heterocycles. The number of fused-ring (bicyclic) bond motifs is 1. The van der Waals surface area contributed by atoms with Crippen molar-refractivity contribution in [2.75, 3.05) is 6.54 Å². The van der Waals surface area contributed by atoms with Gasteiger partial charge in [-0.1, -0.05) is 62.7 Å². The highest BCUT2D eigenvalue weighted by atomic mass is 32.2. The molecule has 0 spiro atoms. The van der Waals surface area contributed by atoms with Crippen molar-refractivity contribution in [3.63, 3.8) is 0 Å². The average molecular weight is 600 g/mol. The molecule has 9 heteroatoms. The van der Waals surface area contributed by atoms with Gasteiger partial charge in [0.25, 0.3) is 5.91 Å². The van der Waals surface area contributed by atoms with E-state index in [4.69, 9.17) is 4.74 Å². The Balaban J connectivity index is 1.54. The Morgan fingerprint density at radius 2 is 1.81 bits per heavy atom. The van der Waals surface area contributed by atoms with Crippen LogP contribution in [0.4, 0.5) is 0 Å². The molecule has 0 saturated carbocycles. The van der Waals surface area contributed by atoms with E-state index in [1.54, 1.807) is 36.8 Å². The van der Waals surface area contributed by atoms with Crippen molar-refractivity contribution in [2.45, 2.75) is 62.8 Å². The minimum Gasteiger partial charge on any atom is -0.484 e. The average Bonchev–Trinajstić information content (AvgIpc) is 3.54. The SMILES string of the molecule is CCC(C)CNC(=O)c1ccccc1S(=O)(=O)Cc1c(OC(Cn2ccnc2)c2ccccc2)ccc2c1CCCC2=O. The monoisotopic (exact) mass is 599 g/mol. The first-order chi connectivity index (χ1) is 20.8. The highest BCUT2D eigenvalue weighted by Crippen LogP contribution is 2.37. The van der Waals surface area contributed by atoms with Crippen LogP contribution in [0.2, 0.25) is 0 Å². The van der Waals surface area contributed by atoms with Crippen LogP contribution in [0.25, 0.3) is 0 Å². The van der Waals surface area contributed by atoms with Crippen LogP contribution in [0, 0.1) is 5.92 Å². The minimum absolute atomic E-state index is 0.00528. The van der Waals surface area contributed by atoms with E-state index in [2.05, 4.69) is 10.3 Å². The summed E-state index contributed by atoms with van der Waals surface area (Å²) in [6.07, 6.45) is 7.32. The van der Waals surface area contributed by atoms with Crippen molar-refractivity contribution < 1.29 is 22.7 Å². The Morgan fingerprint density at radius 3 is 2.56 bits per heavy atom. The van der Waals surface area contributed by atoms with Gasteiger partial charge < -0.3 is 14.6 Å². The van der Waals surface area contributed by atoms with E-state index in [1.807, 2.05) is 54.9 Å². The summed E-state index contributed by atoms with van der Waals surface area (Å²) >= 11 is 0. The molecule has 0 radical (unpaired) electrons. The molecule has 2 unspecified atom stereocenters. The number of nitrogens with zero attached hydrogens (tertiary/aromatic N) is 2. The van der Waals surface area contributed by atoms with Crippen LogP contribution in [0.3, 0.4) is 0 Å². The van der Waals surface area contributed by atoms with Crippen molar-refractivity contribution >= 4 is 21.5 Å². The molecule has 43 heavy (non-hydrogen) atoms. The lowest BCUT2D eigenvalue weighted by molar-refractivity contribution is 0.0942. The predicted octanol–water partition coefficient (Wildman–Crippen LogP) is 5.97. The van der Waals surface area contributed by atoms with Crippen molar-refractivity contribution in [1.29, 1.82) is 0 Å². The highest BCUT2D eigenvalue weighted by Gasteiger charge is 2.30. The predicted molar refractivity (Wildman–Crippen MR) is 165 cm³/mol. The maximum Gasteiger partial charge on any atom is 0.252 e. The number of carbonyl (C=O) groups is 2. The lowest BCUT2D eigenvalue weighted by Gasteiger charge is -2.26. The highest BCUT2D eigenvalue weighted by molar-refractivity contribution is 7.90. The van der Waals surface area contributed by atoms with Crippen LogP contribution in [-0.4, -0.2) is 36.2 Å². The van der Waals surface area contributed by atoms with Gasteiger partial charge >= 0.3 is 0 Å². The number of imidazole rings is 1. The van der Waals surface area contributed by atoms with Crippen molar-refractivity contribution in [3.8, 4) is 5.75 Å². The van der Waals surface area contributed by atoms with Crippen molar-refractivity contribution in [2.24, 2.45) is 5.92 Å². The molecule has 0 saturated heterocycles. The molecule has 0 aliphatic heterocycles. The number of ether oxygens (including phenoxy) is 1. The topological polar surface area (TPSA) is 107 Å². The molecule has 2 atom stereocenters. The third-order valence-electron chi connectivity index (χ3n) is 8.00. The van der Waals surface area contributed by atoms with Gasteiger partial charge in [-0.3, -0.25) is 9.59 Å². The maximum absolute atomic E-state index is 14.1. The molecule has 224 valence electrons. The molecule has 0 bridgehead atoms. The Hall–Kier alpha value is -4.24. The molecule has 3 aromatic carbocycles. The summed E-state index contributed by atoms with van der Waals surface area (Å²) in [5.74, 6) is -0.161. The molecule has 1 aliphatic rings. The van der Waals surface area contributed by atoms with Gasteiger partial charge in [-0.05, 0) is 54.2 Å². The third kappa shape index (κ3) is 7.05. The van der Waals surface area contributed by atoms with E-state index in [-0.39, 0.29) is 22.2 Å². The fourth-order valence-electron chi connectivity index (χ4n) is 5.36. The van der Waals surface area contributed by atoms with Gasteiger partial charge in [0.15, 0.2) is 15.6 Å². The van der Waals surface area contributed by atoms with Crippen LogP contribution in [-0.2, 0) is 28.6 Å². The van der Waals surface area contributed by atoms with Crippen molar-refractivity contribution in [1.82, 2.24) is 14.9 Å². The fraction of sp³-hybridized carbons (Fsp3) is 0.324. The Kier molecular flexibility index (Phi) is 9.40. The fourth-order valence-corrected chi connectivity index (χ4v) is 7.00. The van der Waals surface area contributed by atoms with Gasteiger partial charge in [-0.2, -0.15) is 0 Å². The van der Waals surface area contributed by atoms with E-state index in [0.717, 1.165) is 12.0 Å². The number of amides is 1. The number of benzene rings is 3. The van der Waals surface area contributed by atoms with E-state index < -0.39 is 27.6 Å². The quantitative estimate of drug-likeness (QED) is 0.215. The number of carbonyl (C=O) groups excluding carboxylic acids is 2. The van der Waals surface area contributed by atoms with Crippen LogP contribution in [0.5, 0.6) is 5.75 Å². The Bertz CT molecular complexity index is 1680. The molecule has 8 nitrogen and oxygen atoms in total. The van der Waals surface area contributed by atoms with Crippen LogP contribution in [0.1, 0.15) is 76.6 Å². The summed E-state index contributed by atoms with van der Waals surface area (Å²) < 4.78 is 36.8. The van der Waals surface area contributed by atoms with Gasteiger partial charge in [0.2, 0.25) is 0 Å². The van der Waals surface area contributed by atoms with Gasteiger partial charge in [-0.15, -0.1) is 0 Å². The molecule has 4 aromatic rings. The molecule has 1 N–H and O–H groups in total. The number of hydrogen-bond donors (Lipinski definition) is 1. The smallest absolute Gasteiger partial charge is 0.252 e. The number of ketones is 1. The van der Waals surface area contributed by atoms with E-state index in [0.29, 0.717) is 54.8 Å². The molecule has 5 rings (SSSR count).